The van der Waals surface area contributed by atoms with Crippen molar-refractivity contribution in [1.82, 2.24) is 4.90 Å². The van der Waals surface area contributed by atoms with Crippen LogP contribution in [0.4, 0.5) is 0 Å². The molecular weight excluding hydrogens is 214 g/mol. The summed E-state index contributed by atoms with van der Waals surface area (Å²) in [7, 11) is 0. The maximum atomic E-state index is 12.0. The SMILES string of the molecule is O=C1C[C@@H]2COCC[C@@H]2N1Cc1ccccc1. The number of carbonyl (C=O) groups is 1. The Hall–Kier alpha value is -1.35. The van der Waals surface area contributed by atoms with Gasteiger partial charge >= 0.3 is 0 Å². The van der Waals surface area contributed by atoms with Gasteiger partial charge in [-0.15, -0.1) is 0 Å². The summed E-state index contributed by atoms with van der Waals surface area (Å²) < 4.78 is 5.45. The summed E-state index contributed by atoms with van der Waals surface area (Å²) in [4.78, 5) is 14.1. The van der Waals surface area contributed by atoms with E-state index in [0.717, 1.165) is 26.2 Å². The van der Waals surface area contributed by atoms with Crippen LogP contribution in [0.3, 0.4) is 0 Å². The minimum absolute atomic E-state index is 0.286. The first kappa shape index (κ1) is 10.8. The van der Waals surface area contributed by atoms with Crippen LogP contribution in [0.2, 0.25) is 0 Å². The van der Waals surface area contributed by atoms with Crippen LogP contribution in [-0.4, -0.2) is 30.1 Å². The van der Waals surface area contributed by atoms with Crippen molar-refractivity contribution in [1.29, 1.82) is 0 Å². The van der Waals surface area contributed by atoms with Crippen LogP contribution in [0.1, 0.15) is 18.4 Å². The van der Waals surface area contributed by atoms with E-state index in [1.165, 1.54) is 5.56 Å². The molecule has 0 aromatic heterocycles. The van der Waals surface area contributed by atoms with Gasteiger partial charge in [-0.25, -0.2) is 0 Å². The summed E-state index contributed by atoms with van der Waals surface area (Å²) in [5.74, 6) is 0.703. The average molecular weight is 231 g/mol. The van der Waals surface area contributed by atoms with Crippen LogP contribution >= 0.6 is 0 Å². The van der Waals surface area contributed by atoms with Crippen molar-refractivity contribution in [2.45, 2.75) is 25.4 Å². The molecule has 3 heteroatoms. The summed E-state index contributed by atoms with van der Waals surface area (Å²) in [6.07, 6.45) is 1.65. The van der Waals surface area contributed by atoms with E-state index >= 15 is 0 Å². The van der Waals surface area contributed by atoms with Gasteiger partial charge < -0.3 is 9.64 Å². The molecule has 2 heterocycles. The second-order valence-electron chi connectivity index (χ2n) is 4.90. The molecule has 3 rings (SSSR count). The first-order valence-electron chi connectivity index (χ1n) is 6.26. The third kappa shape index (κ3) is 2.07. The summed E-state index contributed by atoms with van der Waals surface area (Å²) >= 11 is 0. The van der Waals surface area contributed by atoms with Crippen LogP contribution in [0.25, 0.3) is 0 Å². The van der Waals surface area contributed by atoms with E-state index in [1.807, 2.05) is 23.1 Å². The Bertz CT molecular complexity index is 404. The van der Waals surface area contributed by atoms with E-state index in [1.54, 1.807) is 0 Å². The lowest BCUT2D eigenvalue weighted by Crippen LogP contribution is -2.39. The van der Waals surface area contributed by atoms with Crippen LogP contribution in [0.5, 0.6) is 0 Å². The molecular formula is C14H17NO2. The third-order valence-electron chi connectivity index (χ3n) is 3.79. The van der Waals surface area contributed by atoms with Gasteiger partial charge in [-0.1, -0.05) is 30.3 Å². The summed E-state index contributed by atoms with van der Waals surface area (Å²) in [5.41, 5.74) is 1.22. The molecule has 0 spiro atoms. The quantitative estimate of drug-likeness (QED) is 0.777. The van der Waals surface area contributed by atoms with Crippen LogP contribution in [0.15, 0.2) is 30.3 Å². The molecule has 0 saturated carbocycles. The summed E-state index contributed by atoms with van der Waals surface area (Å²) in [6, 6.07) is 10.6. The van der Waals surface area contributed by atoms with E-state index in [4.69, 9.17) is 4.74 Å². The molecule has 3 nitrogen and oxygen atoms in total. The zero-order valence-electron chi connectivity index (χ0n) is 9.84. The molecule has 0 N–H and O–H groups in total. The number of ether oxygens (including phenoxy) is 1. The Morgan fingerprint density at radius 2 is 2.12 bits per heavy atom. The van der Waals surface area contributed by atoms with Crippen LogP contribution in [0, 0.1) is 5.92 Å². The third-order valence-corrected chi connectivity index (χ3v) is 3.79. The lowest BCUT2D eigenvalue weighted by molar-refractivity contribution is -0.129. The molecule has 0 unspecified atom stereocenters. The van der Waals surface area contributed by atoms with Crippen LogP contribution in [-0.2, 0) is 16.1 Å². The number of hydrogen-bond donors (Lipinski definition) is 0. The number of rotatable bonds is 2. The average Bonchev–Trinajstić information content (AvgIpc) is 2.68. The van der Waals surface area contributed by atoms with Gasteiger partial charge in [0.05, 0.1) is 6.61 Å². The lowest BCUT2D eigenvalue weighted by Gasteiger charge is -2.31. The normalized spacial score (nSPS) is 28.2. The van der Waals surface area contributed by atoms with E-state index < -0.39 is 0 Å². The van der Waals surface area contributed by atoms with E-state index in [2.05, 4.69) is 12.1 Å². The fourth-order valence-electron chi connectivity index (χ4n) is 2.90. The number of hydrogen-bond acceptors (Lipinski definition) is 2. The first-order valence-corrected chi connectivity index (χ1v) is 6.26. The maximum Gasteiger partial charge on any atom is 0.223 e. The highest BCUT2D eigenvalue weighted by atomic mass is 16.5. The minimum Gasteiger partial charge on any atom is -0.381 e. The molecule has 0 bridgehead atoms. The zero-order chi connectivity index (χ0) is 11.7. The molecule has 2 atom stereocenters. The number of nitrogens with zero attached hydrogens (tertiary/aromatic N) is 1. The molecule has 0 aliphatic carbocycles. The molecule has 2 aliphatic heterocycles. The second-order valence-corrected chi connectivity index (χ2v) is 4.90. The second kappa shape index (κ2) is 4.49. The first-order chi connectivity index (χ1) is 8.34. The summed E-state index contributed by atoms with van der Waals surface area (Å²) in [5, 5.41) is 0. The predicted molar refractivity (Wildman–Crippen MR) is 64.3 cm³/mol. The van der Waals surface area contributed by atoms with Crippen molar-refractivity contribution >= 4 is 5.91 Å². The molecule has 1 aromatic carbocycles. The topological polar surface area (TPSA) is 29.5 Å². The van der Waals surface area contributed by atoms with Gasteiger partial charge in [0.1, 0.15) is 0 Å². The van der Waals surface area contributed by atoms with Crippen molar-refractivity contribution in [2.75, 3.05) is 13.2 Å². The fourth-order valence-corrected chi connectivity index (χ4v) is 2.90. The molecule has 2 fully saturated rings. The highest BCUT2D eigenvalue weighted by Gasteiger charge is 2.41. The van der Waals surface area contributed by atoms with Gasteiger partial charge in [-0.2, -0.15) is 0 Å². The Morgan fingerprint density at radius 1 is 1.29 bits per heavy atom. The standard InChI is InChI=1S/C14H17NO2/c16-14-8-12-10-17-7-6-13(12)15(14)9-11-4-2-1-3-5-11/h1-5,12-13H,6-10H2/t12-,13+/m1/s1. The number of carbonyl (C=O) groups excluding carboxylic acids is 1. The van der Waals surface area contributed by atoms with Gasteiger partial charge in [0.25, 0.3) is 0 Å². The fraction of sp³-hybridized carbons (Fsp3) is 0.500. The minimum atomic E-state index is 0.286. The largest absolute Gasteiger partial charge is 0.381 e. The van der Waals surface area contributed by atoms with Gasteiger partial charge in [0.2, 0.25) is 5.91 Å². The van der Waals surface area contributed by atoms with Gasteiger partial charge in [0, 0.05) is 31.5 Å². The van der Waals surface area contributed by atoms with Gasteiger partial charge in [0.15, 0.2) is 0 Å². The van der Waals surface area contributed by atoms with E-state index in [-0.39, 0.29) is 5.91 Å². The van der Waals surface area contributed by atoms with Gasteiger partial charge in [-0.3, -0.25) is 4.79 Å². The molecule has 2 saturated heterocycles. The molecule has 1 amide bonds. The Kier molecular flexibility index (Phi) is 2.85. The number of benzene rings is 1. The Labute approximate surface area is 101 Å². The Balaban J connectivity index is 1.76. The van der Waals surface area contributed by atoms with Crippen molar-refractivity contribution in [3.63, 3.8) is 0 Å². The molecule has 0 radical (unpaired) electrons. The number of likely N-dealkylation sites (tertiary alicyclic amines) is 1. The maximum absolute atomic E-state index is 12.0. The van der Waals surface area contributed by atoms with Gasteiger partial charge in [-0.05, 0) is 12.0 Å². The molecule has 2 aliphatic rings. The molecule has 17 heavy (non-hydrogen) atoms. The highest BCUT2D eigenvalue weighted by Crippen LogP contribution is 2.32. The Morgan fingerprint density at radius 3 is 2.94 bits per heavy atom. The molecule has 1 aromatic rings. The number of amides is 1. The van der Waals surface area contributed by atoms with Crippen molar-refractivity contribution in [3.05, 3.63) is 35.9 Å². The van der Waals surface area contributed by atoms with E-state index in [9.17, 15) is 4.79 Å². The van der Waals surface area contributed by atoms with E-state index in [0.29, 0.717) is 18.4 Å². The smallest absolute Gasteiger partial charge is 0.223 e. The zero-order valence-corrected chi connectivity index (χ0v) is 9.84. The number of fused-ring (bicyclic) bond motifs is 1. The molecule has 90 valence electrons. The predicted octanol–water partition coefficient (Wildman–Crippen LogP) is 1.82. The van der Waals surface area contributed by atoms with Crippen molar-refractivity contribution in [2.24, 2.45) is 5.92 Å². The van der Waals surface area contributed by atoms with Crippen molar-refractivity contribution in [3.8, 4) is 0 Å². The monoisotopic (exact) mass is 231 g/mol. The van der Waals surface area contributed by atoms with Crippen molar-refractivity contribution < 1.29 is 9.53 Å². The summed E-state index contributed by atoms with van der Waals surface area (Å²) in [6.45, 7) is 2.29. The highest BCUT2D eigenvalue weighted by molar-refractivity contribution is 5.79. The lowest BCUT2D eigenvalue weighted by atomic mass is 9.96. The van der Waals surface area contributed by atoms with Crippen LogP contribution < -0.4 is 0 Å².